The van der Waals surface area contributed by atoms with Crippen LogP contribution >= 0.6 is 0 Å². The van der Waals surface area contributed by atoms with Gasteiger partial charge in [0.1, 0.15) is 0 Å². The highest BCUT2D eigenvalue weighted by molar-refractivity contribution is 5.33. The number of ether oxygens (including phenoxy) is 2. The highest BCUT2D eigenvalue weighted by Crippen LogP contribution is 2.47. The van der Waals surface area contributed by atoms with Crippen molar-refractivity contribution in [1.82, 2.24) is 0 Å². The van der Waals surface area contributed by atoms with Crippen LogP contribution < -0.4 is 4.74 Å². The van der Waals surface area contributed by atoms with Crippen molar-refractivity contribution in [2.45, 2.75) is 122 Å². The average molecular weight is 543 g/mol. The molecule has 2 unspecified atom stereocenters. The second kappa shape index (κ2) is 14.0. The quantitative estimate of drug-likeness (QED) is 0.304. The maximum atomic E-state index is 14.9. The molecular weight excluding hydrogens is 490 g/mol. The molecule has 1 saturated heterocycles. The number of hydrogen-bond donors (Lipinski definition) is 0. The second-order valence-electron chi connectivity index (χ2n) is 13.3. The highest BCUT2D eigenvalue weighted by atomic mass is 19.2. The molecule has 0 amide bonds. The Morgan fingerprint density at radius 1 is 0.744 bits per heavy atom. The van der Waals surface area contributed by atoms with Gasteiger partial charge in [-0.3, -0.25) is 0 Å². The van der Waals surface area contributed by atoms with Crippen LogP contribution in [-0.4, -0.2) is 19.3 Å². The molecule has 0 bridgehead atoms. The Morgan fingerprint density at radius 2 is 1.33 bits per heavy atom. The number of halogens is 2. The van der Waals surface area contributed by atoms with Gasteiger partial charge in [0.25, 0.3) is 0 Å². The van der Waals surface area contributed by atoms with Crippen molar-refractivity contribution < 1.29 is 18.3 Å². The maximum absolute atomic E-state index is 14.9. The van der Waals surface area contributed by atoms with E-state index in [9.17, 15) is 8.78 Å². The van der Waals surface area contributed by atoms with E-state index in [1.807, 2.05) is 6.92 Å². The van der Waals surface area contributed by atoms with Gasteiger partial charge in [-0.15, -0.1) is 0 Å². The van der Waals surface area contributed by atoms with Crippen LogP contribution in [0.5, 0.6) is 5.75 Å². The zero-order valence-corrected chi connectivity index (χ0v) is 24.5. The van der Waals surface area contributed by atoms with Gasteiger partial charge in [0.2, 0.25) is 5.82 Å². The molecule has 4 aliphatic rings. The molecule has 2 atom stereocenters. The minimum Gasteiger partial charge on any atom is -0.490 e. The third-order valence-corrected chi connectivity index (χ3v) is 11.1. The van der Waals surface area contributed by atoms with Crippen LogP contribution in [0, 0.1) is 47.1 Å². The van der Waals surface area contributed by atoms with Gasteiger partial charge in [-0.2, -0.15) is 4.39 Å². The zero-order chi connectivity index (χ0) is 27.2. The average Bonchev–Trinajstić information content (AvgIpc) is 2.99. The lowest BCUT2D eigenvalue weighted by molar-refractivity contribution is -0.0752. The minimum atomic E-state index is -0.811. The van der Waals surface area contributed by atoms with Crippen molar-refractivity contribution in [2.24, 2.45) is 35.5 Å². The Kier molecular flexibility index (Phi) is 10.4. The summed E-state index contributed by atoms with van der Waals surface area (Å²) >= 11 is 0. The SMILES string of the molecule is CC=CC1CCC(C2CCC(C3CCC(C4CCC(c5ccc(OCCC)c(F)c5F)CC4)CC3)OC2)CC1. The Labute approximate surface area is 236 Å². The predicted molar refractivity (Wildman–Crippen MR) is 155 cm³/mol. The van der Waals surface area contributed by atoms with Crippen LogP contribution in [0.25, 0.3) is 0 Å². The molecule has 0 aromatic heterocycles. The van der Waals surface area contributed by atoms with Gasteiger partial charge in [0, 0.05) is 0 Å². The number of benzene rings is 1. The fourth-order valence-electron chi connectivity index (χ4n) is 8.69. The second-order valence-corrected chi connectivity index (χ2v) is 13.3. The predicted octanol–water partition coefficient (Wildman–Crippen LogP) is 10.0. The van der Waals surface area contributed by atoms with E-state index < -0.39 is 11.6 Å². The topological polar surface area (TPSA) is 18.5 Å². The van der Waals surface area contributed by atoms with Crippen molar-refractivity contribution in [2.75, 3.05) is 13.2 Å². The number of allylic oxidation sites excluding steroid dienone is 2. The number of hydrogen-bond acceptors (Lipinski definition) is 2. The molecule has 3 aliphatic carbocycles. The van der Waals surface area contributed by atoms with E-state index >= 15 is 0 Å². The van der Waals surface area contributed by atoms with Crippen molar-refractivity contribution in [3.8, 4) is 5.75 Å². The van der Waals surface area contributed by atoms with Gasteiger partial charge >= 0.3 is 0 Å². The van der Waals surface area contributed by atoms with E-state index in [1.54, 1.807) is 12.1 Å². The van der Waals surface area contributed by atoms with E-state index in [0.29, 0.717) is 18.3 Å². The fraction of sp³-hybridized carbons (Fsp3) is 0.771. The van der Waals surface area contributed by atoms with Gasteiger partial charge in [-0.05, 0) is 156 Å². The molecule has 4 heteroatoms. The molecular formula is C35H52F2O2. The first-order chi connectivity index (χ1) is 19.1. The third-order valence-electron chi connectivity index (χ3n) is 11.1. The van der Waals surface area contributed by atoms with E-state index in [2.05, 4.69) is 19.1 Å². The van der Waals surface area contributed by atoms with E-state index in [1.165, 1.54) is 64.2 Å². The lowest BCUT2D eigenvalue weighted by Crippen LogP contribution is -2.37. The summed E-state index contributed by atoms with van der Waals surface area (Å²) in [5, 5.41) is 0. The summed E-state index contributed by atoms with van der Waals surface area (Å²) in [5.74, 6) is 3.46. The van der Waals surface area contributed by atoms with Crippen LogP contribution in [0.4, 0.5) is 8.78 Å². The Hall–Kier alpha value is -1.42. The summed E-state index contributed by atoms with van der Waals surface area (Å²) in [7, 11) is 0. The first kappa shape index (κ1) is 29.1. The van der Waals surface area contributed by atoms with Crippen molar-refractivity contribution >= 4 is 0 Å². The third kappa shape index (κ3) is 7.08. The van der Waals surface area contributed by atoms with Crippen molar-refractivity contribution in [3.63, 3.8) is 0 Å². The van der Waals surface area contributed by atoms with Crippen molar-refractivity contribution in [3.05, 3.63) is 41.5 Å². The van der Waals surface area contributed by atoms with Crippen LogP contribution in [0.15, 0.2) is 24.3 Å². The molecule has 4 fully saturated rings. The highest BCUT2D eigenvalue weighted by Gasteiger charge is 2.37. The van der Waals surface area contributed by atoms with Crippen LogP contribution in [0.2, 0.25) is 0 Å². The van der Waals surface area contributed by atoms with Gasteiger partial charge in [0.05, 0.1) is 19.3 Å². The number of rotatable bonds is 8. The van der Waals surface area contributed by atoms with Crippen LogP contribution in [0.3, 0.4) is 0 Å². The molecule has 1 aliphatic heterocycles. The summed E-state index contributed by atoms with van der Waals surface area (Å²) < 4.78 is 41.3. The molecule has 1 aromatic carbocycles. The van der Waals surface area contributed by atoms with E-state index in [-0.39, 0.29) is 11.7 Å². The Bertz CT molecular complexity index is 913. The molecule has 1 aromatic rings. The molecule has 0 radical (unpaired) electrons. The summed E-state index contributed by atoms with van der Waals surface area (Å²) in [6, 6.07) is 3.39. The molecule has 0 spiro atoms. The molecule has 39 heavy (non-hydrogen) atoms. The molecule has 218 valence electrons. The maximum Gasteiger partial charge on any atom is 0.200 e. The van der Waals surface area contributed by atoms with Crippen LogP contribution in [-0.2, 0) is 4.74 Å². The van der Waals surface area contributed by atoms with Gasteiger partial charge in [-0.25, -0.2) is 4.39 Å². The minimum absolute atomic E-state index is 0.0493. The first-order valence-corrected chi connectivity index (χ1v) is 16.4. The molecule has 0 N–H and O–H groups in total. The fourth-order valence-corrected chi connectivity index (χ4v) is 8.69. The summed E-state index contributed by atoms with van der Waals surface area (Å²) in [6.45, 7) is 5.52. The first-order valence-electron chi connectivity index (χ1n) is 16.4. The smallest absolute Gasteiger partial charge is 0.200 e. The van der Waals surface area contributed by atoms with E-state index in [4.69, 9.17) is 9.47 Å². The van der Waals surface area contributed by atoms with Crippen molar-refractivity contribution in [1.29, 1.82) is 0 Å². The normalized spacial score (nSPS) is 36.2. The summed E-state index contributed by atoms with van der Waals surface area (Å²) in [6.07, 6.45) is 23.6. The zero-order valence-electron chi connectivity index (χ0n) is 24.5. The lowest BCUT2D eigenvalue weighted by atomic mass is 9.67. The van der Waals surface area contributed by atoms with E-state index in [0.717, 1.165) is 74.2 Å². The summed E-state index contributed by atoms with van der Waals surface area (Å²) in [5.41, 5.74) is 0.553. The Morgan fingerprint density at radius 3 is 1.95 bits per heavy atom. The molecule has 5 rings (SSSR count). The molecule has 3 saturated carbocycles. The largest absolute Gasteiger partial charge is 0.490 e. The van der Waals surface area contributed by atoms with Gasteiger partial charge < -0.3 is 9.47 Å². The van der Waals surface area contributed by atoms with Gasteiger partial charge in [0.15, 0.2) is 11.6 Å². The molecule has 2 nitrogen and oxygen atoms in total. The molecule has 1 heterocycles. The van der Waals surface area contributed by atoms with Crippen LogP contribution in [0.1, 0.15) is 122 Å². The van der Waals surface area contributed by atoms with Gasteiger partial charge in [-0.1, -0.05) is 25.1 Å². The summed E-state index contributed by atoms with van der Waals surface area (Å²) in [4.78, 5) is 0. The monoisotopic (exact) mass is 542 g/mol. The Balaban J connectivity index is 1.03. The standard InChI is InChI=1S/C35H52F2O2/c1-3-5-24-6-8-27(9-7-24)30-18-20-32(39-23-30)29-16-12-26(13-17-29)25-10-14-28(15-11-25)31-19-21-33(38-22-4-2)35(37)34(31)36/h3,5,19,21,24-30,32H,4,6-18,20,22-23H2,1-2H3. The lowest BCUT2D eigenvalue weighted by Gasteiger charge is -2.43.